The molecular formula is C22H30O. The Hall–Kier alpha value is -1.11. The molecule has 0 N–H and O–H groups in total. The molecule has 5 atom stereocenters. The summed E-state index contributed by atoms with van der Waals surface area (Å²) in [5, 5.41) is 0. The van der Waals surface area contributed by atoms with E-state index in [1.54, 1.807) is 5.57 Å². The molecule has 0 aromatic rings. The van der Waals surface area contributed by atoms with Crippen LogP contribution in [-0.4, -0.2) is 5.78 Å². The zero-order valence-corrected chi connectivity index (χ0v) is 14.9. The number of rotatable bonds is 1. The van der Waals surface area contributed by atoms with Crippen LogP contribution in [0.3, 0.4) is 0 Å². The van der Waals surface area contributed by atoms with Crippen molar-refractivity contribution in [2.24, 2.45) is 28.6 Å². The summed E-state index contributed by atoms with van der Waals surface area (Å²) in [6, 6.07) is 0. The second-order valence-electron chi connectivity index (χ2n) is 8.53. The minimum atomic E-state index is 0.242. The van der Waals surface area contributed by atoms with E-state index < -0.39 is 0 Å². The van der Waals surface area contributed by atoms with Gasteiger partial charge in [-0.15, -0.1) is 0 Å². The van der Waals surface area contributed by atoms with Crippen molar-refractivity contribution in [3.63, 3.8) is 0 Å². The molecule has 0 spiro atoms. The van der Waals surface area contributed by atoms with Crippen LogP contribution in [-0.2, 0) is 4.79 Å². The standard InChI is InChI=1S/C22H30O/c1-4-15-7-9-20-18-8-6-16-14-17(23)10-12-21(16,3)19(18)11-13-22(15,20)5-2/h4,6,8,14,18-20H,5,7,9-13H2,1-3H3/b15-4+/t18-,19-,20+,21-,22-/m1/s1. The van der Waals surface area contributed by atoms with E-state index in [1.807, 2.05) is 6.08 Å². The van der Waals surface area contributed by atoms with Gasteiger partial charge in [0.25, 0.3) is 0 Å². The van der Waals surface area contributed by atoms with Crippen LogP contribution in [0.25, 0.3) is 0 Å². The first-order chi connectivity index (χ1) is 11.0. The lowest BCUT2D eigenvalue weighted by Crippen LogP contribution is -2.48. The van der Waals surface area contributed by atoms with E-state index in [-0.39, 0.29) is 5.41 Å². The number of carbonyl (C=O) groups excluding carboxylic acids is 1. The van der Waals surface area contributed by atoms with E-state index in [1.165, 1.54) is 37.7 Å². The summed E-state index contributed by atoms with van der Waals surface area (Å²) in [5.74, 6) is 2.62. The molecule has 0 aliphatic heterocycles. The number of hydrogen-bond donors (Lipinski definition) is 0. The van der Waals surface area contributed by atoms with Crippen molar-refractivity contribution in [1.82, 2.24) is 0 Å². The fourth-order valence-corrected chi connectivity index (χ4v) is 6.77. The van der Waals surface area contributed by atoms with E-state index in [9.17, 15) is 4.79 Å². The smallest absolute Gasteiger partial charge is 0.156 e. The molecule has 1 heteroatoms. The average Bonchev–Trinajstić information content (AvgIpc) is 2.94. The Morgan fingerprint density at radius 1 is 1.22 bits per heavy atom. The molecular weight excluding hydrogens is 280 g/mol. The van der Waals surface area contributed by atoms with Crippen molar-refractivity contribution in [2.75, 3.05) is 0 Å². The molecule has 1 nitrogen and oxygen atoms in total. The molecule has 0 saturated heterocycles. The lowest BCUT2D eigenvalue weighted by atomic mass is 9.48. The molecule has 0 radical (unpaired) electrons. The summed E-state index contributed by atoms with van der Waals surface area (Å²) in [5.41, 5.74) is 3.78. The van der Waals surface area contributed by atoms with Crippen molar-refractivity contribution in [2.45, 2.75) is 65.7 Å². The molecule has 124 valence electrons. The molecule has 4 rings (SSSR count). The normalized spacial score (nSPS) is 47.1. The van der Waals surface area contributed by atoms with E-state index in [0.717, 1.165) is 30.6 Å². The lowest BCUT2D eigenvalue weighted by Gasteiger charge is -2.56. The highest BCUT2D eigenvalue weighted by molar-refractivity contribution is 5.92. The molecule has 0 unspecified atom stereocenters. The van der Waals surface area contributed by atoms with Gasteiger partial charge in [-0.25, -0.2) is 0 Å². The van der Waals surface area contributed by atoms with Crippen molar-refractivity contribution in [1.29, 1.82) is 0 Å². The molecule has 2 fully saturated rings. The molecule has 0 amide bonds. The van der Waals surface area contributed by atoms with E-state index in [2.05, 4.69) is 39.0 Å². The number of ketones is 1. The molecule has 4 aliphatic rings. The van der Waals surface area contributed by atoms with Crippen LogP contribution < -0.4 is 0 Å². The van der Waals surface area contributed by atoms with Crippen molar-refractivity contribution in [3.05, 3.63) is 35.5 Å². The molecule has 0 aromatic carbocycles. The number of hydrogen-bond acceptors (Lipinski definition) is 1. The highest BCUT2D eigenvalue weighted by atomic mass is 16.1. The van der Waals surface area contributed by atoms with Gasteiger partial charge in [-0.3, -0.25) is 4.79 Å². The third-order valence-electron chi connectivity index (χ3n) is 8.07. The van der Waals surface area contributed by atoms with E-state index in [4.69, 9.17) is 0 Å². The van der Waals surface area contributed by atoms with Gasteiger partial charge < -0.3 is 0 Å². The van der Waals surface area contributed by atoms with Gasteiger partial charge in [-0.2, -0.15) is 0 Å². The maximum absolute atomic E-state index is 11.9. The summed E-state index contributed by atoms with van der Waals surface area (Å²) >= 11 is 0. The maximum atomic E-state index is 11.9. The predicted octanol–water partition coefficient (Wildman–Crippen LogP) is 5.63. The molecule has 23 heavy (non-hydrogen) atoms. The van der Waals surface area contributed by atoms with Gasteiger partial charge in [-0.05, 0) is 85.7 Å². The van der Waals surface area contributed by atoms with E-state index >= 15 is 0 Å². The Labute approximate surface area is 140 Å². The highest BCUT2D eigenvalue weighted by Crippen LogP contribution is 2.66. The second kappa shape index (κ2) is 5.19. The zero-order valence-electron chi connectivity index (χ0n) is 14.9. The van der Waals surface area contributed by atoms with Gasteiger partial charge >= 0.3 is 0 Å². The van der Waals surface area contributed by atoms with Gasteiger partial charge in [0.15, 0.2) is 5.78 Å². The number of carbonyl (C=O) groups is 1. The van der Waals surface area contributed by atoms with Crippen molar-refractivity contribution in [3.8, 4) is 0 Å². The first kappa shape index (κ1) is 15.4. The molecule has 4 aliphatic carbocycles. The molecule has 2 saturated carbocycles. The van der Waals surface area contributed by atoms with Crippen LogP contribution in [0.15, 0.2) is 35.5 Å². The van der Waals surface area contributed by atoms with Gasteiger partial charge in [0, 0.05) is 6.42 Å². The van der Waals surface area contributed by atoms with Crippen molar-refractivity contribution < 1.29 is 4.79 Å². The largest absolute Gasteiger partial charge is 0.295 e. The summed E-state index contributed by atoms with van der Waals surface area (Å²) in [7, 11) is 0. The Balaban J connectivity index is 1.76. The average molecular weight is 310 g/mol. The van der Waals surface area contributed by atoms with Gasteiger partial charge in [0.2, 0.25) is 0 Å². The van der Waals surface area contributed by atoms with Crippen molar-refractivity contribution >= 4 is 5.78 Å². The Morgan fingerprint density at radius 3 is 2.78 bits per heavy atom. The minimum Gasteiger partial charge on any atom is -0.295 e. The summed E-state index contributed by atoms with van der Waals surface area (Å²) in [4.78, 5) is 11.9. The Kier molecular flexibility index (Phi) is 3.48. The van der Waals surface area contributed by atoms with Gasteiger partial charge in [0.05, 0.1) is 0 Å². The van der Waals surface area contributed by atoms with Gasteiger partial charge in [0.1, 0.15) is 0 Å². The molecule has 0 bridgehead atoms. The maximum Gasteiger partial charge on any atom is 0.156 e. The fourth-order valence-electron chi connectivity index (χ4n) is 6.77. The molecule has 0 heterocycles. The Bertz CT molecular complexity index is 622. The number of allylic oxidation sites excluding steroid dienone is 6. The molecule has 0 aromatic heterocycles. The summed E-state index contributed by atoms with van der Waals surface area (Å²) < 4.78 is 0. The summed E-state index contributed by atoms with van der Waals surface area (Å²) in [6.07, 6.45) is 17.7. The summed E-state index contributed by atoms with van der Waals surface area (Å²) in [6.45, 7) is 7.09. The minimum absolute atomic E-state index is 0.242. The second-order valence-corrected chi connectivity index (χ2v) is 8.53. The first-order valence-corrected chi connectivity index (χ1v) is 9.64. The topological polar surface area (TPSA) is 17.1 Å². The fraction of sp³-hybridized carbons (Fsp3) is 0.682. The zero-order chi connectivity index (χ0) is 16.2. The highest BCUT2D eigenvalue weighted by Gasteiger charge is 2.57. The SMILES string of the molecule is C/C=C1\CC[C@H]2[C@@H]3C=CC4=CC(=O)CC[C@@]4(C)[C@@H]3CC[C@]12CC. The lowest BCUT2D eigenvalue weighted by molar-refractivity contribution is -0.116. The third kappa shape index (κ3) is 1.95. The van der Waals surface area contributed by atoms with Crippen LogP contribution in [0.2, 0.25) is 0 Å². The van der Waals surface area contributed by atoms with Crippen LogP contribution in [0, 0.1) is 28.6 Å². The van der Waals surface area contributed by atoms with E-state index in [0.29, 0.717) is 11.2 Å². The Morgan fingerprint density at radius 2 is 2.04 bits per heavy atom. The monoisotopic (exact) mass is 310 g/mol. The third-order valence-corrected chi connectivity index (χ3v) is 8.07. The van der Waals surface area contributed by atoms with Crippen LogP contribution in [0.4, 0.5) is 0 Å². The van der Waals surface area contributed by atoms with Crippen LogP contribution in [0.1, 0.15) is 65.7 Å². The predicted molar refractivity (Wildman–Crippen MR) is 95.0 cm³/mol. The number of fused-ring (bicyclic) bond motifs is 5. The first-order valence-electron chi connectivity index (χ1n) is 9.64. The van der Waals surface area contributed by atoms with Crippen LogP contribution >= 0.6 is 0 Å². The van der Waals surface area contributed by atoms with Crippen LogP contribution in [0.5, 0.6) is 0 Å². The van der Waals surface area contributed by atoms with Gasteiger partial charge in [-0.1, -0.05) is 37.6 Å². The quantitative estimate of drug-likeness (QED) is 0.574.